The van der Waals surface area contributed by atoms with Gasteiger partial charge < -0.3 is 5.11 Å². The van der Waals surface area contributed by atoms with Crippen molar-refractivity contribution in [2.75, 3.05) is 0 Å². The van der Waals surface area contributed by atoms with Gasteiger partial charge in [-0.15, -0.1) is 0 Å². The van der Waals surface area contributed by atoms with Crippen molar-refractivity contribution in [3.63, 3.8) is 0 Å². The Morgan fingerprint density at radius 3 is 3.00 bits per heavy atom. The smallest absolute Gasteiger partial charge is 0.328 e. The monoisotopic (exact) mass is 280 g/mol. The second-order valence-corrected chi connectivity index (χ2v) is 5.09. The number of allylic oxidation sites excluding steroid dienone is 1. The molecule has 1 aliphatic rings. The van der Waals surface area contributed by atoms with Gasteiger partial charge in [0, 0.05) is 10.5 Å². The molecule has 0 aliphatic heterocycles. The molecule has 1 aromatic rings. The average molecular weight is 281 g/mol. The fourth-order valence-electron chi connectivity index (χ4n) is 2.18. The Bertz CT molecular complexity index is 463. The van der Waals surface area contributed by atoms with Crippen molar-refractivity contribution in [3.05, 3.63) is 39.9 Å². The van der Waals surface area contributed by atoms with Crippen LogP contribution in [-0.4, -0.2) is 11.1 Å². The maximum atomic E-state index is 10.8. The van der Waals surface area contributed by atoms with E-state index in [1.54, 1.807) is 0 Å². The molecule has 0 amide bonds. The molecule has 2 nitrogen and oxygen atoms in total. The predicted molar refractivity (Wildman–Crippen MR) is 67.2 cm³/mol. The molecular weight excluding hydrogens is 268 g/mol. The molecule has 3 heteroatoms. The highest BCUT2D eigenvalue weighted by Gasteiger charge is 2.21. The molecular formula is C13H13BrO2. The number of hydrogen-bond acceptors (Lipinski definition) is 1. The molecule has 0 saturated carbocycles. The molecule has 1 N–H and O–H groups in total. The molecule has 1 atom stereocenters. The predicted octanol–water partition coefficient (Wildman–Crippen LogP) is 3.50. The quantitative estimate of drug-likeness (QED) is 0.800. The van der Waals surface area contributed by atoms with Crippen LogP contribution in [0.4, 0.5) is 0 Å². The summed E-state index contributed by atoms with van der Waals surface area (Å²) in [6.45, 7) is 2.08. The number of hydrogen-bond donors (Lipinski definition) is 1. The third-order valence-corrected chi connectivity index (χ3v) is 3.53. The van der Waals surface area contributed by atoms with E-state index in [4.69, 9.17) is 5.11 Å². The zero-order valence-electron chi connectivity index (χ0n) is 9.03. The number of carbonyl (C=O) groups is 1. The van der Waals surface area contributed by atoms with Crippen molar-refractivity contribution in [1.82, 2.24) is 0 Å². The molecule has 0 aromatic heterocycles. The summed E-state index contributed by atoms with van der Waals surface area (Å²) in [7, 11) is 0. The first-order valence-corrected chi connectivity index (χ1v) is 6.10. The Kier molecular flexibility index (Phi) is 3.15. The van der Waals surface area contributed by atoms with Crippen molar-refractivity contribution in [3.8, 4) is 0 Å². The van der Waals surface area contributed by atoms with Gasteiger partial charge in [0.2, 0.25) is 0 Å². The minimum Gasteiger partial charge on any atom is -0.478 e. The van der Waals surface area contributed by atoms with Crippen LogP contribution >= 0.6 is 15.9 Å². The number of carboxylic acid groups (broad SMARTS) is 1. The van der Waals surface area contributed by atoms with Gasteiger partial charge in [0.25, 0.3) is 0 Å². The van der Waals surface area contributed by atoms with Crippen LogP contribution in [0.3, 0.4) is 0 Å². The zero-order chi connectivity index (χ0) is 11.7. The summed E-state index contributed by atoms with van der Waals surface area (Å²) in [5, 5.41) is 8.89. The van der Waals surface area contributed by atoms with Crippen molar-refractivity contribution in [2.45, 2.75) is 19.8 Å². The molecule has 0 radical (unpaired) electrons. The molecule has 84 valence electrons. The van der Waals surface area contributed by atoms with Gasteiger partial charge >= 0.3 is 5.97 Å². The van der Waals surface area contributed by atoms with Crippen molar-refractivity contribution in [2.24, 2.45) is 5.92 Å². The van der Waals surface area contributed by atoms with Gasteiger partial charge in [0.1, 0.15) is 0 Å². The summed E-state index contributed by atoms with van der Waals surface area (Å²) < 4.78 is 0.997. The number of rotatable bonds is 1. The number of aryl methyl sites for hydroxylation is 1. The third-order valence-electron chi connectivity index (χ3n) is 3.04. The number of carboxylic acids is 1. The SMILES string of the molecule is CC1CCc2ccc(Br)cc2/C1=C/C(=O)O. The Hall–Kier alpha value is -1.09. The third kappa shape index (κ3) is 2.19. The molecule has 1 aliphatic carbocycles. The van der Waals surface area contributed by atoms with Gasteiger partial charge in [0.05, 0.1) is 0 Å². The van der Waals surface area contributed by atoms with E-state index in [1.807, 2.05) is 12.1 Å². The van der Waals surface area contributed by atoms with Gasteiger partial charge in [-0.3, -0.25) is 0 Å². The summed E-state index contributed by atoms with van der Waals surface area (Å²) in [6, 6.07) is 6.09. The van der Waals surface area contributed by atoms with Gasteiger partial charge in [0.15, 0.2) is 0 Å². The van der Waals surface area contributed by atoms with Gasteiger partial charge in [-0.2, -0.15) is 0 Å². The lowest BCUT2D eigenvalue weighted by Crippen LogP contribution is -2.11. The molecule has 1 unspecified atom stereocenters. The lowest BCUT2D eigenvalue weighted by atomic mass is 9.80. The first-order valence-electron chi connectivity index (χ1n) is 5.31. The number of fused-ring (bicyclic) bond motifs is 1. The Morgan fingerprint density at radius 1 is 1.56 bits per heavy atom. The summed E-state index contributed by atoms with van der Waals surface area (Å²) in [5.41, 5.74) is 3.26. The van der Waals surface area contributed by atoms with Crippen LogP contribution in [0.25, 0.3) is 5.57 Å². The van der Waals surface area contributed by atoms with E-state index in [0.717, 1.165) is 28.5 Å². The zero-order valence-corrected chi connectivity index (χ0v) is 10.6. The van der Waals surface area contributed by atoms with Crippen molar-refractivity contribution in [1.29, 1.82) is 0 Å². The van der Waals surface area contributed by atoms with Crippen LogP contribution < -0.4 is 0 Å². The number of aliphatic carboxylic acids is 1. The average Bonchev–Trinajstić information content (AvgIpc) is 2.22. The second kappa shape index (κ2) is 4.42. The van der Waals surface area contributed by atoms with Crippen LogP contribution in [0.2, 0.25) is 0 Å². The Labute approximate surface area is 103 Å². The Balaban J connectivity index is 2.55. The largest absolute Gasteiger partial charge is 0.478 e. The fraction of sp³-hybridized carbons (Fsp3) is 0.308. The lowest BCUT2D eigenvalue weighted by Gasteiger charge is -2.25. The van der Waals surface area contributed by atoms with E-state index in [-0.39, 0.29) is 0 Å². The van der Waals surface area contributed by atoms with Gasteiger partial charge in [-0.05, 0) is 47.6 Å². The highest BCUT2D eigenvalue weighted by Crippen LogP contribution is 2.36. The van der Waals surface area contributed by atoms with Crippen molar-refractivity contribution < 1.29 is 9.90 Å². The van der Waals surface area contributed by atoms with Crippen LogP contribution in [0, 0.1) is 5.92 Å². The fourth-order valence-corrected chi connectivity index (χ4v) is 2.54. The van der Waals surface area contributed by atoms with E-state index in [1.165, 1.54) is 11.6 Å². The van der Waals surface area contributed by atoms with E-state index in [9.17, 15) is 4.79 Å². The van der Waals surface area contributed by atoms with E-state index < -0.39 is 5.97 Å². The first-order chi connectivity index (χ1) is 7.58. The van der Waals surface area contributed by atoms with Gasteiger partial charge in [-0.25, -0.2) is 4.79 Å². The molecule has 0 saturated heterocycles. The van der Waals surface area contributed by atoms with Crippen molar-refractivity contribution >= 4 is 27.5 Å². The highest BCUT2D eigenvalue weighted by atomic mass is 79.9. The molecule has 0 bridgehead atoms. The Morgan fingerprint density at radius 2 is 2.31 bits per heavy atom. The van der Waals surface area contributed by atoms with Crippen LogP contribution in [0.1, 0.15) is 24.5 Å². The van der Waals surface area contributed by atoms with Gasteiger partial charge in [-0.1, -0.05) is 28.9 Å². The van der Waals surface area contributed by atoms with E-state index >= 15 is 0 Å². The summed E-state index contributed by atoms with van der Waals surface area (Å²) in [4.78, 5) is 10.8. The minimum absolute atomic E-state index is 0.317. The van der Waals surface area contributed by atoms with Crippen LogP contribution in [-0.2, 0) is 11.2 Å². The maximum Gasteiger partial charge on any atom is 0.328 e. The molecule has 0 fully saturated rings. The number of halogens is 1. The van der Waals surface area contributed by atoms with Crippen LogP contribution in [0.5, 0.6) is 0 Å². The summed E-state index contributed by atoms with van der Waals surface area (Å²) in [6.07, 6.45) is 3.39. The molecule has 0 heterocycles. The summed E-state index contributed by atoms with van der Waals surface area (Å²) in [5.74, 6) is -0.549. The van der Waals surface area contributed by atoms with Crippen LogP contribution in [0.15, 0.2) is 28.7 Å². The normalized spacial score (nSPS) is 21.9. The topological polar surface area (TPSA) is 37.3 Å². The standard InChI is InChI=1S/C13H13BrO2/c1-8-2-3-9-4-5-10(14)6-12(9)11(8)7-13(15)16/h4-8H,2-3H2,1H3,(H,15,16)/b11-7+. The summed E-state index contributed by atoms with van der Waals surface area (Å²) >= 11 is 3.43. The first kappa shape index (κ1) is 11.4. The highest BCUT2D eigenvalue weighted by molar-refractivity contribution is 9.10. The molecule has 16 heavy (non-hydrogen) atoms. The lowest BCUT2D eigenvalue weighted by molar-refractivity contribution is -0.131. The second-order valence-electron chi connectivity index (χ2n) is 4.18. The molecule has 0 spiro atoms. The minimum atomic E-state index is -0.866. The van der Waals surface area contributed by atoms with E-state index in [0.29, 0.717) is 5.92 Å². The van der Waals surface area contributed by atoms with E-state index in [2.05, 4.69) is 28.9 Å². The number of benzene rings is 1. The molecule has 1 aromatic carbocycles. The molecule has 2 rings (SSSR count). The maximum absolute atomic E-state index is 10.8.